The molecule has 342 valence electrons. The Morgan fingerprint density at radius 3 is 1.39 bits per heavy atom. The van der Waals surface area contributed by atoms with Gasteiger partial charge >= 0.3 is 5.97 Å². The van der Waals surface area contributed by atoms with Crippen molar-refractivity contribution in [2.75, 3.05) is 6.61 Å². The summed E-state index contributed by atoms with van der Waals surface area (Å²) in [6, 6.07) is -0.720. The number of ether oxygens (including phenoxy) is 1. The summed E-state index contributed by atoms with van der Waals surface area (Å²) in [6.45, 7) is 6.41. The first-order chi connectivity index (χ1) is 29.0. The van der Waals surface area contributed by atoms with Gasteiger partial charge in [-0.05, 0) is 83.5 Å². The minimum Gasteiger partial charge on any atom is -0.462 e. The number of hydrogen-bond donors (Lipinski definition) is 3. The lowest BCUT2D eigenvalue weighted by Crippen LogP contribution is -2.46. The molecule has 3 N–H and O–H groups in total. The van der Waals surface area contributed by atoms with E-state index in [4.69, 9.17) is 4.74 Å². The third kappa shape index (κ3) is 42.1. The zero-order valence-electron chi connectivity index (χ0n) is 38.9. The van der Waals surface area contributed by atoms with Crippen LogP contribution in [-0.4, -0.2) is 46.9 Å². The second-order valence-corrected chi connectivity index (χ2v) is 16.9. The number of allylic oxidation sites excluding steroid dienone is 10. The Morgan fingerprint density at radius 1 is 0.492 bits per heavy atom. The Morgan fingerprint density at radius 2 is 0.881 bits per heavy atom. The molecule has 6 nitrogen and oxygen atoms in total. The molecule has 0 saturated heterocycles. The Bertz CT molecular complexity index is 1060. The molecule has 0 heterocycles. The van der Waals surface area contributed by atoms with Gasteiger partial charge in [0.05, 0.1) is 25.2 Å². The fourth-order valence-electron chi connectivity index (χ4n) is 7.25. The first kappa shape index (κ1) is 56.6. The predicted octanol–water partition coefficient (Wildman–Crippen LogP) is 14.8. The van der Waals surface area contributed by atoms with E-state index in [0.717, 1.165) is 64.2 Å². The number of esters is 1. The van der Waals surface area contributed by atoms with Crippen molar-refractivity contribution in [3.05, 3.63) is 60.8 Å². The molecule has 0 fully saturated rings. The average Bonchev–Trinajstić information content (AvgIpc) is 3.23. The molecular formula is C53H95NO5. The normalized spacial score (nSPS) is 13.8. The number of carbonyl (C=O) groups excluding carboxylic acids is 2. The molecular weight excluding hydrogens is 731 g/mol. The Kier molecular flexibility index (Phi) is 44.7. The van der Waals surface area contributed by atoms with Crippen LogP contribution in [0.25, 0.3) is 0 Å². The maximum absolute atomic E-state index is 13.2. The van der Waals surface area contributed by atoms with Crippen LogP contribution in [0.4, 0.5) is 0 Å². The highest BCUT2D eigenvalue weighted by Crippen LogP contribution is 2.16. The monoisotopic (exact) mass is 826 g/mol. The maximum Gasteiger partial charge on any atom is 0.306 e. The van der Waals surface area contributed by atoms with Crippen LogP contribution < -0.4 is 5.32 Å². The number of nitrogens with one attached hydrogen (secondary N) is 1. The Labute approximate surface area is 365 Å². The number of carbonyl (C=O) groups is 2. The van der Waals surface area contributed by atoms with Gasteiger partial charge in [0, 0.05) is 6.42 Å². The van der Waals surface area contributed by atoms with E-state index in [-0.39, 0.29) is 24.9 Å². The second kappa shape index (κ2) is 46.6. The molecule has 0 radical (unpaired) electrons. The topological polar surface area (TPSA) is 95.9 Å². The maximum atomic E-state index is 13.2. The van der Waals surface area contributed by atoms with Crippen molar-refractivity contribution in [2.45, 2.75) is 257 Å². The van der Waals surface area contributed by atoms with Gasteiger partial charge in [0.15, 0.2) is 0 Å². The lowest BCUT2D eigenvalue weighted by Gasteiger charge is -2.24. The van der Waals surface area contributed by atoms with E-state index in [9.17, 15) is 19.8 Å². The van der Waals surface area contributed by atoms with Gasteiger partial charge in [-0.25, -0.2) is 0 Å². The molecule has 0 rings (SSSR count). The summed E-state index contributed by atoms with van der Waals surface area (Å²) < 4.78 is 5.87. The zero-order valence-corrected chi connectivity index (χ0v) is 38.9. The van der Waals surface area contributed by atoms with E-state index in [1.807, 2.05) is 0 Å². The highest BCUT2D eigenvalue weighted by Gasteiger charge is 2.24. The Balaban J connectivity index is 4.67. The molecule has 0 saturated carbocycles. The van der Waals surface area contributed by atoms with Crippen LogP contribution in [0.1, 0.15) is 239 Å². The summed E-state index contributed by atoms with van der Waals surface area (Å²) in [6.07, 6.45) is 57.1. The van der Waals surface area contributed by atoms with Gasteiger partial charge < -0.3 is 20.3 Å². The molecule has 1 amide bonds. The van der Waals surface area contributed by atoms with E-state index < -0.39 is 18.2 Å². The quantitative estimate of drug-likeness (QED) is 0.0323. The second-order valence-electron chi connectivity index (χ2n) is 16.9. The molecule has 3 atom stereocenters. The Hall–Kier alpha value is -2.44. The SMILES string of the molecule is CCCCC/C=C\C/C=C\C/C=C\C/C=C\CCCC(=O)OC(CCC/C=C\CCCCCCCC)CC(=O)NC(CO)C(O)CCCCCCCCCCCCCC. The van der Waals surface area contributed by atoms with Crippen LogP contribution in [0.2, 0.25) is 0 Å². The minimum absolute atomic E-state index is 0.0339. The molecule has 0 aliphatic heterocycles. The molecule has 0 bridgehead atoms. The van der Waals surface area contributed by atoms with Crippen LogP contribution in [0.15, 0.2) is 60.8 Å². The molecule has 6 heteroatoms. The molecule has 0 aliphatic carbocycles. The van der Waals surface area contributed by atoms with E-state index >= 15 is 0 Å². The molecule has 0 spiro atoms. The van der Waals surface area contributed by atoms with Gasteiger partial charge in [-0.2, -0.15) is 0 Å². The highest BCUT2D eigenvalue weighted by atomic mass is 16.5. The summed E-state index contributed by atoms with van der Waals surface area (Å²) in [4.78, 5) is 26.0. The molecule has 0 aliphatic rings. The van der Waals surface area contributed by atoms with Crippen molar-refractivity contribution in [3.8, 4) is 0 Å². The number of aliphatic hydroxyl groups is 2. The van der Waals surface area contributed by atoms with Crippen LogP contribution >= 0.6 is 0 Å². The average molecular weight is 826 g/mol. The lowest BCUT2D eigenvalue weighted by atomic mass is 10.0. The number of rotatable bonds is 44. The third-order valence-corrected chi connectivity index (χ3v) is 11.1. The number of hydrogen-bond acceptors (Lipinski definition) is 5. The van der Waals surface area contributed by atoms with Crippen LogP contribution in [0.5, 0.6) is 0 Å². The number of aliphatic hydroxyl groups excluding tert-OH is 2. The van der Waals surface area contributed by atoms with Crippen molar-refractivity contribution < 1.29 is 24.5 Å². The zero-order chi connectivity index (χ0) is 43.1. The van der Waals surface area contributed by atoms with E-state index in [1.165, 1.54) is 122 Å². The molecule has 3 unspecified atom stereocenters. The summed E-state index contributed by atoms with van der Waals surface area (Å²) in [5, 5.41) is 23.7. The molecule has 0 aromatic rings. The van der Waals surface area contributed by atoms with Gasteiger partial charge in [-0.15, -0.1) is 0 Å². The van der Waals surface area contributed by atoms with Crippen molar-refractivity contribution in [1.82, 2.24) is 5.32 Å². The summed E-state index contributed by atoms with van der Waals surface area (Å²) in [5.74, 6) is -0.571. The van der Waals surface area contributed by atoms with E-state index in [0.29, 0.717) is 25.7 Å². The summed E-state index contributed by atoms with van der Waals surface area (Å²) in [7, 11) is 0. The van der Waals surface area contributed by atoms with Gasteiger partial charge in [0.25, 0.3) is 0 Å². The highest BCUT2D eigenvalue weighted by molar-refractivity contribution is 5.77. The van der Waals surface area contributed by atoms with Gasteiger partial charge in [-0.3, -0.25) is 9.59 Å². The van der Waals surface area contributed by atoms with Crippen molar-refractivity contribution in [1.29, 1.82) is 0 Å². The summed E-state index contributed by atoms with van der Waals surface area (Å²) >= 11 is 0. The smallest absolute Gasteiger partial charge is 0.306 e. The van der Waals surface area contributed by atoms with Gasteiger partial charge in [0.2, 0.25) is 5.91 Å². The predicted molar refractivity (Wildman–Crippen MR) is 255 cm³/mol. The fourth-order valence-corrected chi connectivity index (χ4v) is 7.25. The summed E-state index contributed by atoms with van der Waals surface area (Å²) in [5.41, 5.74) is 0. The first-order valence-corrected chi connectivity index (χ1v) is 25.0. The minimum atomic E-state index is -0.803. The van der Waals surface area contributed by atoms with Crippen molar-refractivity contribution >= 4 is 11.9 Å². The third-order valence-electron chi connectivity index (χ3n) is 11.1. The van der Waals surface area contributed by atoms with Crippen molar-refractivity contribution in [3.63, 3.8) is 0 Å². The largest absolute Gasteiger partial charge is 0.462 e. The molecule has 0 aromatic carbocycles. The van der Waals surface area contributed by atoms with Gasteiger partial charge in [-0.1, -0.05) is 204 Å². The molecule has 0 aromatic heterocycles. The van der Waals surface area contributed by atoms with E-state index in [1.54, 1.807) is 0 Å². The molecule has 59 heavy (non-hydrogen) atoms. The lowest BCUT2D eigenvalue weighted by molar-refractivity contribution is -0.151. The van der Waals surface area contributed by atoms with Crippen molar-refractivity contribution in [2.24, 2.45) is 0 Å². The first-order valence-electron chi connectivity index (χ1n) is 25.0. The number of amides is 1. The van der Waals surface area contributed by atoms with Gasteiger partial charge in [0.1, 0.15) is 6.10 Å². The van der Waals surface area contributed by atoms with Crippen LogP contribution in [0, 0.1) is 0 Å². The fraction of sp³-hybridized carbons (Fsp3) is 0.774. The number of unbranched alkanes of at least 4 members (excludes halogenated alkanes) is 22. The van der Waals surface area contributed by atoms with Crippen LogP contribution in [-0.2, 0) is 14.3 Å². The standard InChI is InChI=1S/C53H95NO5/c1-4-7-10-13-16-19-22-24-25-26-27-28-31-34-37-40-43-46-53(58)59-49(44-41-38-35-32-29-21-18-15-12-9-6-3)47-52(57)54-50(48-55)51(56)45-42-39-36-33-30-23-20-17-14-11-8-5-2/h16,19,24-25,27-28,32,34-35,37,49-51,55-56H,4-15,17-18,20-23,26,29-31,33,36,38-48H2,1-3H3,(H,54,57)/b19-16-,25-24-,28-27-,35-32-,37-34-. The van der Waals surface area contributed by atoms with E-state index in [2.05, 4.69) is 86.8 Å². The van der Waals surface area contributed by atoms with Crippen LogP contribution in [0.3, 0.4) is 0 Å².